The average molecular weight is 481 g/mol. The Labute approximate surface area is 205 Å². The van der Waals surface area contributed by atoms with Crippen molar-refractivity contribution in [1.82, 2.24) is 15.1 Å². The summed E-state index contributed by atoms with van der Waals surface area (Å²) in [4.78, 5) is 16.9. The molecule has 7 nitrogen and oxygen atoms in total. The fraction of sp³-hybridized carbons (Fsp3) is 0.444. The number of hydrogen-bond donors (Lipinski definition) is 2. The van der Waals surface area contributed by atoms with Crippen molar-refractivity contribution in [1.29, 1.82) is 0 Å². The molecule has 0 aliphatic carbocycles. The molecule has 1 amide bonds. The monoisotopic (exact) mass is 480 g/mol. The molecule has 3 aliphatic rings. The fourth-order valence-corrected chi connectivity index (χ4v) is 5.39. The Morgan fingerprint density at radius 2 is 2.00 bits per heavy atom. The number of likely N-dealkylation sites (tertiary alicyclic amines) is 2. The van der Waals surface area contributed by atoms with Gasteiger partial charge in [-0.3, -0.25) is 4.79 Å². The topological polar surface area (TPSA) is 66.1 Å². The smallest absolute Gasteiger partial charge is 0.227 e. The minimum atomic E-state index is -0.395. The van der Waals surface area contributed by atoms with E-state index in [0.717, 1.165) is 54.3 Å². The van der Waals surface area contributed by atoms with Crippen LogP contribution in [-0.2, 0) is 4.79 Å². The summed E-state index contributed by atoms with van der Waals surface area (Å²) in [6.07, 6.45) is 3.15. The molecule has 0 spiro atoms. The molecule has 35 heavy (non-hydrogen) atoms. The van der Waals surface area contributed by atoms with Gasteiger partial charge in [0.1, 0.15) is 12.4 Å². The van der Waals surface area contributed by atoms with Gasteiger partial charge >= 0.3 is 0 Å². The van der Waals surface area contributed by atoms with E-state index in [-0.39, 0.29) is 23.6 Å². The van der Waals surface area contributed by atoms with Gasteiger partial charge in [-0.2, -0.15) is 0 Å². The number of hydrogen-bond acceptors (Lipinski definition) is 6. The van der Waals surface area contributed by atoms with Crippen LogP contribution in [0, 0.1) is 17.7 Å². The third kappa shape index (κ3) is 4.55. The lowest BCUT2D eigenvalue weighted by atomic mass is 9.88. The summed E-state index contributed by atoms with van der Waals surface area (Å²) >= 11 is 0. The lowest BCUT2D eigenvalue weighted by Gasteiger charge is -2.32. The second-order valence-electron chi connectivity index (χ2n) is 9.55. The van der Waals surface area contributed by atoms with Gasteiger partial charge < -0.3 is 29.9 Å². The quantitative estimate of drug-likeness (QED) is 0.593. The third-order valence-electron chi connectivity index (χ3n) is 7.37. The van der Waals surface area contributed by atoms with E-state index in [0.29, 0.717) is 19.1 Å². The fourth-order valence-electron chi connectivity index (χ4n) is 5.39. The van der Waals surface area contributed by atoms with Crippen LogP contribution in [0.1, 0.15) is 23.6 Å². The Balaban J connectivity index is 1.46. The number of methoxy groups -OCH3 is 1. The molecule has 8 heteroatoms. The highest BCUT2D eigenvalue weighted by atomic mass is 19.1. The lowest BCUT2D eigenvalue weighted by Crippen LogP contribution is -2.42. The maximum absolute atomic E-state index is 14.8. The predicted molar refractivity (Wildman–Crippen MR) is 134 cm³/mol. The SMILES string of the molecule is CNCCOc1ccc(C2C=C(N3CC4CCN(C)C(=O)C4C3)c3cc(F)c(OC)cc3N2)cc1. The zero-order valence-corrected chi connectivity index (χ0v) is 20.5. The van der Waals surface area contributed by atoms with Crippen LogP contribution in [0.5, 0.6) is 11.5 Å². The summed E-state index contributed by atoms with van der Waals surface area (Å²) in [6.45, 7) is 3.63. The number of nitrogens with zero attached hydrogens (tertiary/aromatic N) is 2. The van der Waals surface area contributed by atoms with E-state index >= 15 is 0 Å². The highest BCUT2D eigenvalue weighted by Gasteiger charge is 2.43. The first-order valence-electron chi connectivity index (χ1n) is 12.2. The van der Waals surface area contributed by atoms with E-state index in [1.165, 1.54) is 13.2 Å². The van der Waals surface area contributed by atoms with Crippen molar-refractivity contribution in [3.63, 3.8) is 0 Å². The number of halogens is 1. The lowest BCUT2D eigenvalue weighted by molar-refractivity contribution is -0.137. The predicted octanol–water partition coefficient (Wildman–Crippen LogP) is 3.35. The number of anilines is 1. The Morgan fingerprint density at radius 3 is 2.74 bits per heavy atom. The zero-order valence-electron chi connectivity index (χ0n) is 20.5. The third-order valence-corrected chi connectivity index (χ3v) is 7.37. The zero-order chi connectivity index (χ0) is 24.5. The van der Waals surface area contributed by atoms with Crippen LogP contribution in [0.4, 0.5) is 10.1 Å². The number of ether oxygens (including phenoxy) is 2. The Bertz CT molecular complexity index is 1120. The normalized spacial score (nSPS) is 23.4. The molecule has 0 radical (unpaired) electrons. The van der Waals surface area contributed by atoms with E-state index in [1.54, 1.807) is 6.07 Å². The van der Waals surface area contributed by atoms with Gasteiger partial charge in [0.2, 0.25) is 5.91 Å². The summed E-state index contributed by atoms with van der Waals surface area (Å²) in [5, 5.41) is 6.61. The first kappa shape index (κ1) is 23.5. The summed E-state index contributed by atoms with van der Waals surface area (Å²) in [6, 6.07) is 11.2. The molecule has 5 rings (SSSR count). The van der Waals surface area contributed by atoms with Gasteiger partial charge in [-0.15, -0.1) is 0 Å². The van der Waals surface area contributed by atoms with Gasteiger partial charge in [-0.25, -0.2) is 4.39 Å². The van der Waals surface area contributed by atoms with Crippen LogP contribution in [-0.4, -0.2) is 69.7 Å². The van der Waals surface area contributed by atoms with Crippen molar-refractivity contribution < 1.29 is 18.7 Å². The van der Waals surface area contributed by atoms with E-state index in [4.69, 9.17) is 9.47 Å². The van der Waals surface area contributed by atoms with Gasteiger partial charge in [0.05, 0.1) is 19.1 Å². The second kappa shape index (κ2) is 9.77. The van der Waals surface area contributed by atoms with Gasteiger partial charge in [-0.1, -0.05) is 12.1 Å². The van der Waals surface area contributed by atoms with Crippen LogP contribution in [0.3, 0.4) is 0 Å². The summed E-state index contributed by atoms with van der Waals surface area (Å²) < 4.78 is 25.8. The highest BCUT2D eigenvalue weighted by Crippen LogP contribution is 2.43. The molecule has 2 N–H and O–H groups in total. The molecule has 0 aromatic heterocycles. The van der Waals surface area contributed by atoms with Crippen molar-refractivity contribution in [2.75, 3.05) is 59.3 Å². The molecule has 3 aliphatic heterocycles. The second-order valence-corrected chi connectivity index (χ2v) is 9.55. The van der Waals surface area contributed by atoms with Crippen molar-refractivity contribution in [2.24, 2.45) is 11.8 Å². The van der Waals surface area contributed by atoms with E-state index < -0.39 is 5.82 Å². The molecule has 2 saturated heterocycles. The minimum absolute atomic E-state index is 0.0106. The number of benzene rings is 2. The van der Waals surface area contributed by atoms with Crippen molar-refractivity contribution in [3.05, 3.63) is 59.4 Å². The molecule has 2 aromatic rings. The number of rotatable bonds is 7. The maximum Gasteiger partial charge on any atom is 0.227 e. The van der Waals surface area contributed by atoms with Gasteiger partial charge in [0, 0.05) is 56.2 Å². The Morgan fingerprint density at radius 1 is 1.20 bits per heavy atom. The molecule has 0 saturated carbocycles. The van der Waals surface area contributed by atoms with Crippen LogP contribution in [0.2, 0.25) is 0 Å². The van der Waals surface area contributed by atoms with E-state index in [9.17, 15) is 9.18 Å². The standard InChI is InChI=1S/C27H33FN4O3/c1-29-9-11-35-19-6-4-17(5-7-19)23-13-25(20-12-22(28)26(34-3)14-24(20)30-23)32-15-18-8-10-31(2)27(33)21(18)16-32/h4-7,12-14,18,21,23,29-30H,8-11,15-16H2,1-3H3. The van der Waals surface area contributed by atoms with Gasteiger partial charge in [-0.05, 0) is 49.2 Å². The maximum atomic E-state index is 14.8. The van der Waals surface area contributed by atoms with Crippen molar-refractivity contribution >= 4 is 17.3 Å². The van der Waals surface area contributed by atoms with Crippen molar-refractivity contribution in [2.45, 2.75) is 12.5 Å². The number of nitrogens with one attached hydrogen (secondary N) is 2. The average Bonchev–Trinajstić information content (AvgIpc) is 3.31. The van der Waals surface area contributed by atoms with E-state index in [1.807, 2.05) is 31.1 Å². The van der Waals surface area contributed by atoms with Gasteiger partial charge in [0.25, 0.3) is 0 Å². The summed E-state index contributed by atoms with van der Waals surface area (Å²) in [5.41, 5.74) is 3.65. The summed E-state index contributed by atoms with van der Waals surface area (Å²) in [5.74, 6) is 1.16. The molecular weight excluding hydrogens is 447 g/mol. The first-order chi connectivity index (χ1) is 17.0. The first-order valence-corrected chi connectivity index (χ1v) is 12.2. The summed E-state index contributed by atoms with van der Waals surface area (Å²) in [7, 11) is 5.25. The number of fused-ring (bicyclic) bond motifs is 2. The number of carbonyl (C=O) groups is 1. The molecule has 2 aromatic carbocycles. The number of likely N-dealkylation sites (N-methyl/N-ethyl adjacent to an activating group) is 1. The molecule has 3 heterocycles. The molecule has 3 atom stereocenters. The van der Waals surface area contributed by atoms with Crippen molar-refractivity contribution in [3.8, 4) is 11.5 Å². The van der Waals surface area contributed by atoms with Crippen LogP contribution >= 0.6 is 0 Å². The molecule has 3 unspecified atom stereocenters. The minimum Gasteiger partial charge on any atom is -0.494 e. The largest absolute Gasteiger partial charge is 0.494 e. The number of amides is 1. The Hall–Kier alpha value is -3.26. The Kier molecular flexibility index (Phi) is 6.56. The van der Waals surface area contributed by atoms with Gasteiger partial charge in [0.15, 0.2) is 11.6 Å². The highest BCUT2D eigenvalue weighted by molar-refractivity contribution is 5.83. The number of carbonyl (C=O) groups excluding carboxylic acids is 1. The van der Waals surface area contributed by atoms with E-state index in [2.05, 4.69) is 33.7 Å². The molecular formula is C27H33FN4O3. The van der Waals surface area contributed by atoms with Crippen LogP contribution in [0.25, 0.3) is 5.70 Å². The van der Waals surface area contributed by atoms with Crippen LogP contribution < -0.4 is 20.1 Å². The number of piperidine rings is 1. The molecule has 0 bridgehead atoms. The molecule has 2 fully saturated rings. The van der Waals surface area contributed by atoms with Crippen LogP contribution in [0.15, 0.2) is 42.5 Å². The molecule has 186 valence electrons.